The second kappa shape index (κ2) is 6.78. The van der Waals surface area contributed by atoms with E-state index >= 15 is 0 Å². The molecule has 0 saturated heterocycles. The van der Waals surface area contributed by atoms with Crippen molar-refractivity contribution in [1.29, 1.82) is 0 Å². The van der Waals surface area contributed by atoms with Crippen LogP contribution in [-0.2, 0) is 10.0 Å². The number of rotatable bonds is 6. The van der Waals surface area contributed by atoms with Crippen molar-refractivity contribution >= 4 is 21.6 Å². The number of benzene rings is 1. The van der Waals surface area contributed by atoms with Crippen LogP contribution < -0.4 is 9.46 Å². The zero-order chi connectivity index (χ0) is 13.6. The highest BCUT2D eigenvalue weighted by atomic mass is 35.5. The summed E-state index contributed by atoms with van der Waals surface area (Å²) in [5.74, 6) is 0.237. The van der Waals surface area contributed by atoms with Gasteiger partial charge in [0.25, 0.3) is 0 Å². The first-order valence-corrected chi connectivity index (χ1v) is 7.31. The van der Waals surface area contributed by atoms with Gasteiger partial charge in [-0.3, -0.25) is 0 Å². The molecule has 1 rings (SSSR count). The van der Waals surface area contributed by atoms with Gasteiger partial charge in [-0.1, -0.05) is 23.8 Å². The number of methoxy groups -OCH3 is 1. The van der Waals surface area contributed by atoms with E-state index in [9.17, 15) is 8.42 Å². The molecule has 0 atom stereocenters. The molecule has 1 aromatic carbocycles. The molecule has 0 amide bonds. The molecule has 0 saturated carbocycles. The van der Waals surface area contributed by atoms with Gasteiger partial charge in [0.2, 0.25) is 10.0 Å². The third-order valence-corrected chi connectivity index (χ3v) is 3.99. The van der Waals surface area contributed by atoms with Crippen molar-refractivity contribution in [3.8, 4) is 5.75 Å². The number of sulfonamides is 1. The Kier molecular flexibility index (Phi) is 5.65. The van der Waals surface area contributed by atoms with Crippen molar-refractivity contribution in [2.24, 2.45) is 0 Å². The highest BCUT2D eigenvalue weighted by Crippen LogP contribution is 2.26. The highest BCUT2D eigenvalue weighted by Gasteiger charge is 2.18. The lowest BCUT2D eigenvalue weighted by Gasteiger charge is -2.10. The number of halogens is 1. The van der Waals surface area contributed by atoms with Crippen LogP contribution in [0.3, 0.4) is 0 Å². The van der Waals surface area contributed by atoms with Crippen LogP contribution in [0.15, 0.2) is 35.2 Å². The Hall–Kier alpha value is -1.04. The highest BCUT2D eigenvalue weighted by molar-refractivity contribution is 7.89. The quantitative estimate of drug-likeness (QED) is 0.647. The van der Waals surface area contributed by atoms with Gasteiger partial charge in [0.05, 0.1) is 7.11 Å². The van der Waals surface area contributed by atoms with Gasteiger partial charge in [-0.15, -0.1) is 0 Å². The molecular weight excluding hydrogens is 274 g/mol. The van der Waals surface area contributed by atoms with E-state index in [1.54, 1.807) is 0 Å². The molecule has 1 N–H and O–H groups in total. The Morgan fingerprint density at radius 1 is 1.44 bits per heavy atom. The van der Waals surface area contributed by atoms with Crippen molar-refractivity contribution < 1.29 is 13.2 Å². The number of nitrogens with one attached hydrogen (secondary N) is 1. The molecular formula is C12H16ClNO3S. The van der Waals surface area contributed by atoms with E-state index in [2.05, 4.69) is 4.72 Å². The summed E-state index contributed by atoms with van der Waals surface area (Å²) in [5, 5.41) is 0.430. The first-order chi connectivity index (χ1) is 8.51. The van der Waals surface area contributed by atoms with E-state index < -0.39 is 10.0 Å². The van der Waals surface area contributed by atoms with Crippen LogP contribution in [0, 0.1) is 0 Å². The summed E-state index contributed by atoms with van der Waals surface area (Å²) in [4.78, 5) is 0.0925. The van der Waals surface area contributed by atoms with Gasteiger partial charge in [0.15, 0.2) is 0 Å². The van der Waals surface area contributed by atoms with Gasteiger partial charge in [-0.25, -0.2) is 13.1 Å². The van der Waals surface area contributed by atoms with Crippen LogP contribution in [-0.4, -0.2) is 22.1 Å². The number of hydrogen-bond donors (Lipinski definition) is 1. The van der Waals surface area contributed by atoms with Crippen LogP contribution >= 0.6 is 11.6 Å². The Labute approximate surface area is 113 Å². The van der Waals surface area contributed by atoms with Gasteiger partial charge in [-0.05, 0) is 25.5 Å². The smallest absolute Gasteiger partial charge is 0.244 e. The summed E-state index contributed by atoms with van der Waals surface area (Å²) in [6.07, 6.45) is 4.41. The normalized spacial score (nSPS) is 11.9. The van der Waals surface area contributed by atoms with Crippen molar-refractivity contribution in [3.63, 3.8) is 0 Å². The molecule has 0 aliphatic heterocycles. The molecule has 4 nitrogen and oxygen atoms in total. The first kappa shape index (κ1) is 15.0. The van der Waals surface area contributed by atoms with Crippen molar-refractivity contribution in [3.05, 3.63) is 35.4 Å². The molecule has 0 aliphatic carbocycles. The van der Waals surface area contributed by atoms with Gasteiger partial charge >= 0.3 is 0 Å². The maximum absolute atomic E-state index is 12.0. The fourth-order valence-corrected chi connectivity index (χ4v) is 2.74. The minimum absolute atomic E-state index is 0.0925. The number of ether oxygens (including phenoxy) is 1. The van der Waals surface area contributed by atoms with E-state index in [4.69, 9.17) is 16.3 Å². The molecule has 0 fully saturated rings. The average molecular weight is 290 g/mol. The molecule has 0 aromatic heterocycles. The van der Waals surface area contributed by atoms with Gasteiger partial charge in [0, 0.05) is 17.6 Å². The molecule has 1 aromatic rings. The third-order valence-electron chi connectivity index (χ3n) is 2.25. The van der Waals surface area contributed by atoms with E-state index in [0.717, 1.165) is 0 Å². The van der Waals surface area contributed by atoms with Crippen LogP contribution in [0.4, 0.5) is 0 Å². The van der Waals surface area contributed by atoms with Crippen molar-refractivity contribution in [2.45, 2.75) is 18.2 Å². The third kappa shape index (κ3) is 4.01. The van der Waals surface area contributed by atoms with E-state index in [0.29, 0.717) is 18.0 Å². The lowest BCUT2D eigenvalue weighted by molar-refractivity contribution is 0.402. The van der Waals surface area contributed by atoms with Crippen molar-refractivity contribution in [1.82, 2.24) is 4.72 Å². The second-order valence-corrected chi connectivity index (χ2v) is 5.72. The molecule has 0 heterocycles. The summed E-state index contributed by atoms with van der Waals surface area (Å²) in [6.45, 7) is 2.23. The lowest BCUT2D eigenvalue weighted by Crippen LogP contribution is -2.25. The molecule has 0 radical (unpaired) electrons. The topological polar surface area (TPSA) is 55.4 Å². The molecule has 0 unspecified atom stereocenters. The van der Waals surface area contributed by atoms with E-state index in [1.165, 1.54) is 25.3 Å². The fourth-order valence-electron chi connectivity index (χ4n) is 1.38. The molecule has 100 valence electrons. The van der Waals surface area contributed by atoms with Crippen LogP contribution in [0.2, 0.25) is 5.02 Å². The average Bonchev–Trinajstić information content (AvgIpc) is 2.34. The minimum atomic E-state index is -3.57. The molecule has 6 heteroatoms. The van der Waals surface area contributed by atoms with Crippen LogP contribution in [0.25, 0.3) is 0 Å². The van der Waals surface area contributed by atoms with Crippen LogP contribution in [0.5, 0.6) is 5.75 Å². The summed E-state index contributed by atoms with van der Waals surface area (Å²) in [5.41, 5.74) is 0. The first-order valence-electron chi connectivity index (χ1n) is 5.45. The largest absolute Gasteiger partial charge is 0.495 e. The van der Waals surface area contributed by atoms with E-state index in [-0.39, 0.29) is 10.6 Å². The van der Waals surface area contributed by atoms with Gasteiger partial charge < -0.3 is 4.74 Å². The zero-order valence-corrected chi connectivity index (χ0v) is 11.9. The predicted molar refractivity (Wildman–Crippen MR) is 72.6 cm³/mol. The molecule has 0 bridgehead atoms. The van der Waals surface area contributed by atoms with Crippen LogP contribution in [0.1, 0.15) is 13.3 Å². The Balaban J connectivity index is 2.91. The van der Waals surface area contributed by atoms with Crippen molar-refractivity contribution in [2.75, 3.05) is 13.7 Å². The molecule has 18 heavy (non-hydrogen) atoms. The maximum Gasteiger partial charge on any atom is 0.244 e. The minimum Gasteiger partial charge on any atom is -0.495 e. The number of hydrogen-bond acceptors (Lipinski definition) is 3. The fraction of sp³-hybridized carbons (Fsp3) is 0.333. The Morgan fingerprint density at radius 3 is 2.78 bits per heavy atom. The zero-order valence-electron chi connectivity index (χ0n) is 10.3. The Bertz CT molecular complexity index is 526. The monoisotopic (exact) mass is 289 g/mol. The summed E-state index contributed by atoms with van der Waals surface area (Å²) in [6, 6.07) is 4.42. The summed E-state index contributed by atoms with van der Waals surface area (Å²) in [7, 11) is -2.16. The second-order valence-electron chi connectivity index (χ2n) is 3.55. The molecule has 0 spiro atoms. The summed E-state index contributed by atoms with van der Waals surface area (Å²) >= 11 is 5.79. The van der Waals surface area contributed by atoms with Gasteiger partial charge in [-0.2, -0.15) is 0 Å². The predicted octanol–water partition coefficient (Wildman–Crippen LogP) is 2.59. The molecule has 0 aliphatic rings. The Morgan fingerprint density at radius 2 is 2.17 bits per heavy atom. The maximum atomic E-state index is 12.0. The number of allylic oxidation sites excluding steroid dienone is 1. The van der Waals surface area contributed by atoms with E-state index in [1.807, 2.05) is 19.1 Å². The lowest BCUT2D eigenvalue weighted by atomic mass is 10.3. The SMILES string of the molecule is C/C=C/CCNS(=O)(=O)c1ccc(Cl)cc1OC. The van der Waals surface area contributed by atoms with Gasteiger partial charge in [0.1, 0.15) is 10.6 Å². The summed E-state index contributed by atoms with van der Waals surface area (Å²) < 4.78 is 31.6. The standard InChI is InChI=1S/C12H16ClNO3S/c1-3-4-5-8-14-18(15,16)12-7-6-10(13)9-11(12)17-2/h3-4,6-7,9,14H,5,8H2,1-2H3/b4-3+.